The Morgan fingerprint density at radius 1 is 0.966 bits per heavy atom. The van der Waals surface area contributed by atoms with Crippen molar-refractivity contribution in [3.05, 3.63) is 113 Å². The number of allylic oxidation sites excluding steroid dienone is 1. The Bertz CT molecular complexity index is 1130. The van der Waals surface area contributed by atoms with Gasteiger partial charge in [-0.3, -0.25) is 14.2 Å². The third-order valence-electron chi connectivity index (χ3n) is 4.46. The number of rotatable bonds is 7. The third kappa shape index (κ3) is 5.09. The van der Waals surface area contributed by atoms with E-state index in [2.05, 4.69) is 34.5 Å². The fourth-order valence-electron chi connectivity index (χ4n) is 2.97. The molecule has 0 radical (unpaired) electrons. The summed E-state index contributed by atoms with van der Waals surface area (Å²) >= 11 is 5.97. The molecule has 0 aliphatic rings. The lowest BCUT2D eigenvalue weighted by molar-refractivity contribution is 0.104. The number of halogens is 1. The molecule has 0 aliphatic heterocycles. The van der Waals surface area contributed by atoms with E-state index in [0.29, 0.717) is 17.1 Å². The van der Waals surface area contributed by atoms with Crippen LogP contribution in [0.4, 0.5) is 0 Å². The molecule has 5 nitrogen and oxygen atoms in total. The lowest BCUT2D eigenvalue weighted by atomic mass is 10.1. The first-order valence-corrected chi connectivity index (χ1v) is 9.59. The van der Waals surface area contributed by atoms with Crippen molar-refractivity contribution in [3.8, 4) is 0 Å². The van der Waals surface area contributed by atoms with Gasteiger partial charge in [-0.1, -0.05) is 54.1 Å². The summed E-state index contributed by atoms with van der Waals surface area (Å²) in [6.45, 7) is 1.35. The van der Waals surface area contributed by atoms with Gasteiger partial charge in [0, 0.05) is 23.6 Å². The van der Waals surface area contributed by atoms with Gasteiger partial charge in [0.05, 0.1) is 24.8 Å². The predicted octanol–water partition coefficient (Wildman–Crippen LogP) is 4.73. The molecule has 0 N–H and O–H groups in total. The molecule has 4 rings (SSSR count). The van der Waals surface area contributed by atoms with E-state index < -0.39 is 0 Å². The first-order valence-electron chi connectivity index (χ1n) is 9.21. The van der Waals surface area contributed by atoms with E-state index in [1.807, 2.05) is 35.1 Å². The number of hydrogen-bond acceptors (Lipinski definition) is 3. The second-order valence-corrected chi connectivity index (χ2v) is 7.14. The first kappa shape index (κ1) is 18.9. The molecule has 29 heavy (non-hydrogen) atoms. The molecule has 0 spiro atoms. The normalized spacial score (nSPS) is 11.2. The number of ketones is 1. The number of carbonyl (C=O) groups is 1. The first-order chi connectivity index (χ1) is 14.2. The van der Waals surface area contributed by atoms with Crippen LogP contribution in [-0.2, 0) is 13.1 Å². The highest BCUT2D eigenvalue weighted by atomic mass is 35.5. The van der Waals surface area contributed by atoms with E-state index in [1.54, 1.807) is 35.4 Å². The Kier molecular flexibility index (Phi) is 5.68. The van der Waals surface area contributed by atoms with Crippen molar-refractivity contribution < 1.29 is 4.79 Å². The molecule has 144 valence electrons. The van der Waals surface area contributed by atoms with Crippen molar-refractivity contribution in [1.29, 1.82) is 0 Å². The van der Waals surface area contributed by atoms with Crippen molar-refractivity contribution in [1.82, 2.24) is 19.6 Å². The smallest absolute Gasteiger partial charge is 0.189 e. The maximum absolute atomic E-state index is 12.4. The largest absolute Gasteiger partial charge is 0.289 e. The van der Waals surface area contributed by atoms with Gasteiger partial charge < -0.3 is 0 Å². The van der Waals surface area contributed by atoms with Gasteiger partial charge in [-0.25, -0.2) is 0 Å². The summed E-state index contributed by atoms with van der Waals surface area (Å²) < 4.78 is 3.65. The van der Waals surface area contributed by atoms with Crippen LogP contribution in [0.5, 0.6) is 0 Å². The highest BCUT2D eigenvalue weighted by Gasteiger charge is 2.06. The molecule has 6 heteroatoms. The van der Waals surface area contributed by atoms with Crippen molar-refractivity contribution in [3.63, 3.8) is 0 Å². The molecule has 0 aliphatic carbocycles. The lowest BCUT2D eigenvalue weighted by Gasteiger charge is -2.05. The molecule has 2 aromatic carbocycles. The van der Waals surface area contributed by atoms with Crippen LogP contribution in [0.15, 0.2) is 85.5 Å². The maximum atomic E-state index is 12.4. The van der Waals surface area contributed by atoms with Crippen molar-refractivity contribution in [2.45, 2.75) is 13.1 Å². The number of nitrogens with zero attached hydrogens (tertiary/aromatic N) is 4. The Labute approximate surface area is 173 Å². The summed E-state index contributed by atoms with van der Waals surface area (Å²) in [6.07, 6.45) is 10.4. The van der Waals surface area contributed by atoms with Crippen LogP contribution in [0.3, 0.4) is 0 Å². The molecule has 0 fully saturated rings. The second kappa shape index (κ2) is 8.71. The molecule has 0 bridgehead atoms. The molecule has 2 aromatic heterocycles. The monoisotopic (exact) mass is 402 g/mol. The topological polar surface area (TPSA) is 52.7 Å². The van der Waals surface area contributed by atoms with E-state index in [-0.39, 0.29) is 5.78 Å². The second-order valence-electron chi connectivity index (χ2n) is 6.70. The standard InChI is InChI=1S/C23H19ClN4O/c24-22-4-1-3-18(13-22)9-10-23(29)21-14-26-28(17-21)16-20-7-5-19(6-8-20)15-27-12-2-11-25-27/h1-14,17H,15-16H2/b10-9+. The zero-order valence-electron chi connectivity index (χ0n) is 15.6. The minimum atomic E-state index is -0.0919. The highest BCUT2D eigenvalue weighted by molar-refractivity contribution is 6.30. The summed E-state index contributed by atoms with van der Waals surface area (Å²) in [4.78, 5) is 12.4. The van der Waals surface area contributed by atoms with Crippen molar-refractivity contribution in [2.24, 2.45) is 0 Å². The van der Waals surface area contributed by atoms with Gasteiger partial charge in [0.2, 0.25) is 0 Å². The summed E-state index contributed by atoms with van der Waals surface area (Å²) in [7, 11) is 0. The maximum Gasteiger partial charge on any atom is 0.189 e. The molecule has 0 saturated heterocycles. The van der Waals surface area contributed by atoms with E-state index in [4.69, 9.17) is 11.6 Å². The molecule has 2 heterocycles. The van der Waals surface area contributed by atoms with E-state index >= 15 is 0 Å². The Morgan fingerprint density at radius 3 is 2.41 bits per heavy atom. The minimum absolute atomic E-state index is 0.0919. The lowest BCUT2D eigenvalue weighted by Crippen LogP contribution is -2.02. The van der Waals surface area contributed by atoms with Crippen LogP contribution >= 0.6 is 11.6 Å². The van der Waals surface area contributed by atoms with Gasteiger partial charge >= 0.3 is 0 Å². The number of benzene rings is 2. The fraction of sp³-hybridized carbons (Fsp3) is 0.0870. The van der Waals surface area contributed by atoms with Gasteiger partial charge in [0.25, 0.3) is 0 Å². The van der Waals surface area contributed by atoms with Gasteiger partial charge in [0.1, 0.15) is 0 Å². The summed E-state index contributed by atoms with van der Waals surface area (Å²) in [6, 6.07) is 17.6. The number of hydrogen-bond donors (Lipinski definition) is 0. The van der Waals surface area contributed by atoms with Crippen LogP contribution < -0.4 is 0 Å². The Balaban J connectivity index is 1.38. The molecule has 0 saturated carbocycles. The van der Waals surface area contributed by atoms with Crippen LogP contribution in [0.1, 0.15) is 27.0 Å². The quantitative estimate of drug-likeness (QED) is 0.332. The average molecular weight is 403 g/mol. The van der Waals surface area contributed by atoms with Crippen LogP contribution in [0, 0.1) is 0 Å². The zero-order valence-corrected chi connectivity index (χ0v) is 16.4. The van der Waals surface area contributed by atoms with Crippen molar-refractivity contribution in [2.75, 3.05) is 0 Å². The Hall–Kier alpha value is -3.44. The van der Waals surface area contributed by atoms with E-state index in [0.717, 1.165) is 17.7 Å². The number of carbonyl (C=O) groups excluding carboxylic acids is 1. The summed E-state index contributed by atoms with van der Waals surface area (Å²) in [5, 5.41) is 9.17. The highest BCUT2D eigenvalue weighted by Crippen LogP contribution is 2.13. The van der Waals surface area contributed by atoms with Gasteiger partial charge in [-0.05, 0) is 41.0 Å². The van der Waals surface area contributed by atoms with Crippen LogP contribution in [0.25, 0.3) is 6.08 Å². The van der Waals surface area contributed by atoms with Gasteiger partial charge in [-0.2, -0.15) is 10.2 Å². The predicted molar refractivity (Wildman–Crippen MR) is 114 cm³/mol. The van der Waals surface area contributed by atoms with Crippen molar-refractivity contribution >= 4 is 23.5 Å². The molecule has 0 unspecified atom stereocenters. The molecular weight excluding hydrogens is 384 g/mol. The average Bonchev–Trinajstić information content (AvgIpc) is 3.40. The molecule has 4 aromatic rings. The third-order valence-corrected chi connectivity index (χ3v) is 4.70. The van der Waals surface area contributed by atoms with Gasteiger partial charge in [-0.15, -0.1) is 0 Å². The van der Waals surface area contributed by atoms with Gasteiger partial charge in [0.15, 0.2) is 5.78 Å². The SMILES string of the molecule is O=C(/C=C/c1cccc(Cl)c1)c1cnn(Cc2ccc(Cn3cccn3)cc2)c1. The molecule has 0 atom stereocenters. The minimum Gasteiger partial charge on any atom is -0.289 e. The molecular formula is C23H19ClN4O. The number of aromatic nitrogens is 4. The molecule has 0 amide bonds. The zero-order chi connectivity index (χ0) is 20.1. The Morgan fingerprint density at radius 2 is 1.72 bits per heavy atom. The summed E-state index contributed by atoms with van der Waals surface area (Å²) in [5.41, 5.74) is 3.73. The summed E-state index contributed by atoms with van der Waals surface area (Å²) in [5.74, 6) is -0.0919. The fourth-order valence-corrected chi connectivity index (χ4v) is 3.17. The van der Waals surface area contributed by atoms with E-state index in [9.17, 15) is 4.79 Å². The van der Waals surface area contributed by atoms with Crippen LogP contribution in [0.2, 0.25) is 5.02 Å². The van der Waals surface area contributed by atoms with Crippen LogP contribution in [-0.4, -0.2) is 25.3 Å². The van der Waals surface area contributed by atoms with E-state index in [1.165, 1.54) is 11.6 Å².